The van der Waals surface area contributed by atoms with Gasteiger partial charge in [0.15, 0.2) is 17.3 Å². The number of nitrogens with two attached hydrogens (primary N) is 1. The maximum atomic E-state index is 11.4. The molecule has 0 atom stereocenters. The van der Waals surface area contributed by atoms with Crippen LogP contribution in [0.1, 0.15) is 28.4 Å². The summed E-state index contributed by atoms with van der Waals surface area (Å²) in [4.78, 5) is 16.2. The van der Waals surface area contributed by atoms with Gasteiger partial charge in [-0.05, 0) is 50.6 Å². The molecule has 4 aromatic rings. The molecule has 0 radical (unpaired) electrons. The third-order valence-electron chi connectivity index (χ3n) is 4.59. The van der Waals surface area contributed by atoms with Gasteiger partial charge in [0.05, 0.1) is 11.4 Å². The number of hydrogen-bond acceptors (Lipinski definition) is 6. The van der Waals surface area contributed by atoms with Gasteiger partial charge in [0.2, 0.25) is 0 Å². The molecule has 0 spiro atoms. The first-order valence-electron chi connectivity index (χ1n) is 8.80. The quantitative estimate of drug-likeness (QED) is 0.521. The van der Waals surface area contributed by atoms with E-state index in [-0.39, 0.29) is 5.78 Å². The molecule has 2 heterocycles. The Morgan fingerprint density at radius 2 is 1.86 bits per heavy atom. The fourth-order valence-corrected chi connectivity index (χ4v) is 3.89. The van der Waals surface area contributed by atoms with Crippen molar-refractivity contribution in [3.05, 3.63) is 64.5 Å². The number of thiazole rings is 1. The number of ketones is 1. The smallest absolute Gasteiger partial charge is 0.165 e. The summed E-state index contributed by atoms with van der Waals surface area (Å²) in [5.74, 6) is 0.428. The number of benzene rings is 2. The average Bonchev–Trinajstić information content (AvgIpc) is 3.28. The molecule has 2 N–H and O–H groups in total. The van der Waals surface area contributed by atoms with Crippen LogP contribution in [0.3, 0.4) is 0 Å². The van der Waals surface area contributed by atoms with Crippen LogP contribution in [-0.4, -0.2) is 25.8 Å². The molecule has 0 aliphatic heterocycles. The molecule has 6 nitrogen and oxygen atoms in total. The van der Waals surface area contributed by atoms with E-state index in [1.54, 1.807) is 28.9 Å². The zero-order valence-electron chi connectivity index (χ0n) is 15.8. The SMILES string of the molecule is CC(=O)c1ccc(-n2nnc(-c3nc(-c4ccc(C)cc4C)cs3)c2N)cc1. The van der Waals surface area contributed by atoms with Crippen LogP contribution in [0.25, 0.3) is 27.6 Å². The zero-order chi connectivity index (χ0) is 19.8. The first kappa shape index (κ1) is 18.1. The molecule has 0 bridgehead atoms. The molecule has 0 saturated carbocycles. The molecule has 0 saturated heterocycles. The third kappa shape index (κ3) is 3.20. The van der Waals surface area contributed by atoms with Crippen molar-refractivity contribution in [2.75, 3.05) is 5.73 Å². The Morgan fingerprint density at radius 3 is 2.54 bits per heavy atom. The predicted octanol–water partition coefficient (Wildman–Crippen LogP) is 4.46. The van der Waals surface area contributed by atoms with E-state index in [4.69, 9.17) is 10.7 Å². The Balaban J connectivity index is 1.68. The van der Waals surface area contributed by atoms with Crippen molar-refractivity contribution in [2.45, 2.75) is 20.8 Å². The molecule has 0 amide bonds. The summed E-state index contributed by atoms with van der Waals surface area (Å²) in [6.45, 7) is 5.69. The van der Waals surface area contributed by atoms with E-state index >= 15 is 0 Å². The lowest BCUT2D eigenvalue weighted by Gasteiger charge is -2.04. The minimum absolute atomic E-state index is 0.0144. The van der Waals surface area contributed by atoms with E-state index in [2.05, 4.69) is 42.4 Å². The maximum absolute atomic E-state index is 11.4. The normalized spacial score (nSPS) is 11.0. The Hall–Kier alpha value is -3.32. The Kier molecular flexibility index (Phi) is 4.52. The van der Waals surface area contributed by atoms with Gasteiger partial charge in [-0.3, -0.25) is 4.79 Å². The van der Waals surface area contributed by atoms with E-state index < -0.39 is 0 Å². The van der Waals surface area contributed by atoms with Crippen LogP contribution in [0.5, 0.6) is 0 Å². The number of carbonyl (C=O) groups is 1. The molecular weight excluding hydrogens is 370 g/mol. The number of hydrogen-bond donors (Lipinski definition) is 1. The summed E-state index contributed by atoms with van der Waals surface area (Å²) in [6, 6.07) is 13.4. The molecule has 0 unspecified atom stereocenters. The standard InChI is InChI=1S/C21H19N5OS/c1-12-4-9-17(13(2)10-12)18-11-28-21(23-18)19-20(22)26(25-24-19)16-7-5-15(6-8-16)14(3)27/h4-11H,22H2,1-3H3. The third-order valence-corrected chi connectivity index (χ3v) is 5.44. The van der Waals surface area contributed by atoms with Crippen molar-refractivity contribution >= 4 is 22.9 Å². The lowest BCUT2D eigenvalue weighted by Crippen LogP contribution is -2.03. The molecule has 0 aliphatic rings. The fraction of sp³-hybridized carbons (Fsp3) is 0.143. The Morgan fingerprint density at radius 1 is 1.11 bits per heavy atom. The number of carbonyl (C=O) groups excluding carboxylic acids is 1. The highest BCUT2D eigenvalue weighted by Gasteiger charge is 2.17. The van der Waals surface area contributed by atoms with Gasteiger partial charge < -0.3 is 5.73 Å². The molecule has 7 heteroatoms. The van der Waals surface area contributed by atoms with Crippen molar-refractivity contribution in [2.24, 2.45) is 0 Å². The van der Waals surface area contributed by atoms with Crippen LogP contribution in [0, 0.1) is 13.8 Å². The van der Waals surface area contributed by atoms with Crippen molar-refractivity contribution in [1.29, 1.82) is 0 Å². The van der Waals surface area contributed by atoms with Crippen molar-refractivity contribution in [3.63, 3.8) is 0 Å². The first-order chi connectivity index (χ1) is 13.4. The van der Waals surface area contributed by atoms with Crippen LogP contribution in [0.2, 0.25) is 0 Å². The number of nitrogen functional groups attached to an aromatic ring is 1. The molecule has 2 aromatic heterocycles. The largest absolute Gasteiger partial charge is 0.382 e. The maximum Gasteiger partial charge on any atom is 0.165 e. The minimum Gasteiger partial charge on any atom is -0.382 e. The van der Waals surface area contributed by atoms with Gasteiger partial charge in [0.25, 0.3) is 0 Å². The monoisotopic (exact) mass is 389 g/mol. The zero-order valence-corrected chi connectivity index (χ0v) is 16.6. The predicted molar refractivity (Wildman–Crippen MR) is 112 cm³/mol. The van der Waals surface area contributed by atoms with Crippen LogP contribution in [-0.2, 0) is 0 Å². The van der Waals surface area contributed by atoms with Gasteiger partial charge in [-0.25, -0.2) is 4.98 Å². The van der Waals surface area contributed by atoms with Gasteiger partial charge in [0, 0.05) is 16.5 Å². The van der Waals surface area contributed by atoms with Gasteiger partial charge >= 0.3 is 0 Å². The van der Waals surface area contributed by atoms with Gasteiger partial charge in [-0.1, -0.05) is 29.0 Å². The van der Waals surface area contributed by atoms with Crippen LogP contribution in [0.4, 0.5) is 5.82 Å². The van der Waals surface area contributed by atoms with Gasteiger partial charge in [-0.15, -0.1) is 16.4 Å². The molecule has 4 rings (SSSR count). The topological polar surface area (TPSA) is 86.7 Å². The Bertz CT molecular complexity index is 1170. The van der Waals surface area contributed by atoms with E-state index in [1.807, 2.05) is 5.38 Å². The summed E-state index contributed by atoms with van der Waals surface area (Å²) in [5, 5.41) is 11.1. The second-order valence-corrected chi connectivity index (χ2v) is 7.55. The summed E-state index contributed by atoms with van der Waals surface area (Å²) < 4.78 is 1.55. The van der Waals surface area contributed by atoms with Crippen molar-refractivity contribution in [3.8, 4) is 27.6 Å². The highest BCUT2D eigenvalue weighted by atomic mass is 32.1. The number of rotatable bonds is 4. The Labute approximate surface area is 166 Å². The number of aromatic nitrogens is 4. The minimum atomic E-state index is 0.0144. The van der Waals surface area contributed by atoms with Gasteiger partial charge in [0.1, 0.15) is 5.01 Å². The molecule has 0 aliphatic carbocycles. The second kappa shape index (κ2) is 7.01. The van der Waals surface area contributed by atoms with E-state index in [0.717, 1.165) is 22.0 Å². The van der Waals surface area contributed by atoms with Gasteiger partial charge in [-0.2, -0.15) is 4.68 Å². The van der Waals surface area contributed by atoms with Crippen LogP contribution in [0.15, 0.2) is 47.8 Å². The summed E-state index contributed by atoms with van der Waals surface area (Å²) in [5.41, 5.74) is 12.6. The molecular formula is C21H19N5OS. The van der Waals surface area contributed by atoms with Crippen molar-refractivity contribution in [1.82, 2.24) is 20.0 Å². The molecule has 140 valence electrons. The second-order valence-electron chi connectivity index (χ2n) is 6.69. The molecule has 2 aromatic carbocycles. The van der Waals surface area contributed by atoms with E-state index in [9.17, 15) is 4.79 Å². The van der Waals surface area contributed by atoms with Crippen molar-refractivity contribution < 1.29 is 4.79 Å². The van der Waals surface area contributed by atoms with E-state index in [0.29, 0.717) is 17.1 Å². The number of anilines is 1. The average molecular weight is 389 g/mol. The number of aryl methyl sites for hydroxylation is 2. The number of Topliss-reactive ketones (excluding diaryl/α,β-unsaturated/α-hetero) is 1. The van der Waals surface area contributed by atoms with Crippen LogP contribution >= 0.6 is 11.3 Å². The first-order valence-corrected chi connectivity index (χ1v) is 9.68. The lowest BCUT2D eigenvalue weighted by molar-refractivity contribution is 0.101. The molecule has 28 heavy (non-hydrogen) atoms. The highest BCUT2D eigenvalue weighted by molar-refractivity contribution is 7.13. The van der Waals surface area contributed by atoms with Crippen LogP contribution < -0.4 is 5.73 Å². The van der Waals surface area contributed by atoms with E-state index in [1.165, 1.54) is 29.4 Å². The fourth-order valence-electron chi connectivity index (χ4n) is 3.08. The molecule has 0 fully saturated rings. The summed E-state index contributed by atoms with van der Waals surface area (Å²) in [7, 11) is 0. The summed E-state index contributed by atoms with van der Waals surface area (Å²) >= 11 is 1.49. The summed E-state index contributed by atoms with van der Waals surface area (Å²) in [6.07, 6.45) is 0. The lowest BCUT2D eigenvalue weighted by atomic mass is 10.0. The highest BCUT2D eigenvalue weighted by Crippen LogP contribution is 2.32. The number of nitrogens with zero attached hydrogens (tertiary/aromatic N) is 4.